The molecule has 21 heavy (non-hydrogen) atoms. The van der Waals surface area contributed by atoms with Gasteiger partial charge in [0.2, 0.25) is 0 Å². The molecule has 1 N–H and O–H groups in total. The van der Waals surface area contributed by atoms with E-state index in [1.54, 1.807) is 20.8 Å². The van der Waals surface area contributed by atoms with Gasteiger partial charge in [0, 0.05) is 0 Å². The van der Waals surface area contributed by atoms with Crippen molar-refractivity contribution in [3.8, 4) is 0 Å². The maximum atomic E-state index is 12.3. The van der Waals surface area contributed by atoms with Crippen molar-refractivity contribution < 1.29 is 24.2 Å². The number of hydrogen-bond donors (Lipinski definition) is 1. The molecule has 0 spiro atoms. The first-order chi connectivity index (χ1) is 9.24. The number of carbonyl (C=O) groups is 2. The van der Waals surface area contributed by atoms with Crippen LogP contribution in [-0.4, -0.2) is 54.5 Å². The summed E-state index contributed by atoms with van der Waals surface area (Å²) in [6, 6.07) is -1.02. The largest absolute Gasteiger partial charge is 0.480 e. The molecule has 0 aliphatic heterocycles. The summed E-state index contributed by atoms with van der Waals surface area (Å²) in [4.78, 5) is 23.8. The van der Waals surface area contributed by atoms with Crippen molar-refractivity contribution in [2.24, 2.45) is 0 Å². The normalized spacial score (nSPS) is 14.0. The summed E-state index contributed by atoms with van der Waals surface area (Å²) in [5.74, 6) is -1.08. The summed E-state index contributed by atoms with van der Waals surface area (Å²) in [6.45, 7) is 14.5. The summed E-state index contributed by atoms with van der Waals surface area (Å²) in [7, 11) is -1.73. The molecule has 1 amide bonds. The third-order valence-electron chi connectivity index (χ3n) is 2.46. The molecule has 0 bridgehead atoms. The molecule has 0 saturated heterocycles. The van der Waals surface area contributed by atoms with Crippen molar-refractivity contribution in [2.75, 3.05) is 6.61 Å². The fraction of sp³-hybridized carbons (Fsp3) is 0.857. The molecule has 0 aromatic heterocycles. The van der Waals surface area contributed by atoms with Gasteiger partial charge in [0.15, 0.2) is 0 Å². The fourth-order valence-corrected chi connectivity index (χ4v) is 3.02. The van der Waals surface area contributed by atoms with Gasteiger partial charge >= 0.3 is 12.1 Å². The van der Waals surface area contributed by atoms with Crippen LogP contribution in [0.15, 0.2) is 0 Å². The van der Waals surface area contributed by atoms with Crippen molar-refractivity contribution in [2.45, 2.75) is 71.9 Å². The Hall–Kier alpha value is -1.08. The van der Waals surface area contributed by atoms with E-state index in [9.17, 15) is 14.7 Å². The number of amides is 1. The van der Waals surface area contributed by atoms with Gasteiger partial charge in [0.1, 0.15) is 20.6 Å². The van der Waals surface area contributed by atoms with Crippen molar-refractivity contribution in [3.63, 3.8) is 0 Å². The minimum Gasteiger partial charge on any atom is -0.480 e. The summed E-state index contributed by atoms with van der Waals surface area (Å²) < 4.78 is 12.2. The van der Waals surface area contributed by atoms with Gasteiger partial charge in [-0.25, -0.2) is 9.59 Å². The zero-order chi connectivity index (χ0) is 17.0. The van der Waals surface area contributed by atoms with E-state index >= 15 is 0 Å². The van der Waals surface area contributed by atoms with Crippen LogP contribution in [-0.2, 0) is 14.3 Å². The highest BCUT2D eigenvalue weighted by Gasteiger charge is 2.35. The molecule has 0 unspecified atom stereocenters. The number of carboxylic acid groups (broad SMARTS) is 1. The number of carbonyl (C=O) groups excluding carboxylic acids is 1. The first kappa shape index (κ1) is 19.9. The van der Waals surface area contributed by atoms with Crippen LogP contribution < -0.4 is 0 Å². The molecule has 0 saturated carbocycles. The summed E-state index contributed by atoms with van der Waals surface area (Å²) in [5, 5.41) is 9.43. The Balaban J connectivity index is 5.17. The van der Waals surface area contributed by atoms with E-state index in [1.165, 1.54) is 4.57 Å². The molecule has 0 aromatic carbocycles. The van der Waals surface area contributed by atoms with Crippen LogP contribution in [0.4, 0.5) is 4.79 Å². The fourth-order valence-electron chi connectivity index (χ4n) is 1.61. The van der Waals surface area contributed by atoms with Gasteiger partial charge in [0.05, 0.1) is 12.2 Å². The van der Waals surface area contributed by atoms with Crippen LogP contribution in [0.1, 0.15) is 41.5 Å². The molecule has 0 aliphatic carbocycles. The monoisotopic (exact) mass is 319 g/mol. The predicted octanol–water partition coefficient (Wildman–Crippen LogP) is 2.48. The Bertz CT molecular complexity index is 371. The third kappa shape index (κ3) is 8.06. The van der Waals surface area contributed by atoms with Gasteiger partial charge < -0.3 is 19.1 Å². The lowest BCUT2D eigenvalue weighted by Crippen LogP contribution is -2.55. The molecular weight excluding hydrogens is 290 g/mol. The summed E-state index contributed by atoms with van der Waals surface area (Å²) >= 11 is 0. The van der Waals surface area contributed by atoms with Crippen LogP contribution in [0.2, 0.25) is 13.1 Å². The Morgan fingerprint density at radius 1 is 1.10 bits per heavy atom. The quantitative estimate of drug-likeness (QED) is 0.788. The first-order valence-electron chi connectivity index (χ1n) is 7.12. The molecule has 0 aromatic rings. The maximum absolute atomic E-state index is 12.3. The number of aliphatic carboxylic acids is 1. The zero-order valence-corrected chi connectivity index (χ0v) is 15.5. The Morgan fingerprint density at radius 3 is 1.86 bits per heavy atom. The molecule has 0 heterocycles. The van der Waals surface area contributed by atoms with Crippen LogP contribution >= 0.6 is 0 Å². The highest BCUT2D eigenvalue weighted by molar-refractivity contribution is 6.55. The number of nitrogens with zero attached hydrogens (tertiary/aromatic N) is 1. The molecular formula is C14H29NO5Si. The standard InChI is InChI=1S/C14H29NO5Si/c1-13(2,3)19-9-10(11(16)17)15(21(7)8)12(18)20-14(4,5)6/h10,21H,9H2,1-8H3,(H,16,17)/t10-/m0/s1. The smallest absolute Gasteiger partial charge is 0.402 e. The van der Waals surface area contributed by atoms with E-state index in [0.29, 0.717) is 0 Å². The van der Waals surface area contributed by atoms with Gasteiger partial charge in [-0.05, 0) is 41.5 Å². The van der Waals surface area contributed by atoms with E-state index in [0.717, 1.165) is 0 Å². The second kappa shape index (κ2) is 7.26. The van der Waals surface area contributed by atoms with Gasteiger partial charge in [-0.3, -0.25) is 0 Å². The average Bonchev–Trinajstić information content (AvgIpc) is 2.18. The zero-order valence-electron chi connectivity index (χ0n) is 14.4. The van der Waals surface area contributed by atoms with E-state index in [1.807, 2.05) is 33.9 Å². The summed E-state index contributed by atoms with van der Waals surface area (Å²) in [6.07, 6.45) is -0.589. The number of carboxylic acids is 1. The van der Waals surface area contributed by atoms with Crippen molar-refractivity contribution in [1.82, 2.24) is 4.57 Å². The van der Waals surface area contributed by atoms with E-state index < -0.39 is 38.3 Å². The Morgan fingerprint density at radius 2 is 1.57 bits per heavy atom. The number of rotatable bonds is 5. The minimum atomic E-state index is -1.73. The number of hydrogen-bond acceptors (Lipinski definition) is 4. The maximum Gasteiger partial charge on any atom is 0.402 e. The van der Waals surface area contributed by atoms with Crippen LogP contribution in [0, 0.1) is 0 Å². The minimum absolute atomic E-state index is 0.0523. The lowest BCUT2D eigenvalue weighted by Gasteiger charge is -2.35. The molecule has 0 radical (unpaired) electrons. The molecule has 0 rings (SSSR count). The van der Waals surface area contributed by atoms with Crippen LogP contribution in [0.3, 0.4) is 0 Å². The molecule has 7 heteroatoms. The Labute approximate surface area is 129 Å². The molecule has 124 valence electrons. The molecule has 0 aliphatic rings. The summed E-state index contributed by atoms with van der Waals surface area (Å²) in [5.41, 5.74) is -1.13. The third-order valence-corrected chi connectivity index (χ3v) is 4.14. The first-order valence-corrected chi connectivity index (χ1v) is 9.95. The second-order valence-corrected chi connectivity index (χ2v) is 10.0. The van der Waals surface area contributed by atoms with Crippen LogP contribution in [0.5, 0.6) is 0 Å². The van der Waals surface area contributed by atoms with Gasteiger partial charge in [-0.15, -0.1) is 0 Å². The molecule has 6 nitrogen and oxygen atoms in total. The predicted molar refractivity (Wildman–Crippen MR) is 84.1 cm³/mol. The van der Waals surface area contributed by atoms with Gasteiger partial charge in [-0.1, -0.05) is 13.1 Å². The van der Waals surface area contributed by atoms with Gasteiger partial charge in [-0.2, -0.15) is 0 Å². The highest BCUT2D eigenvalue weighted by atomic mass is 28.3. The van der Waals surface area contributed by atoms with Crippen molar-refractivity contribution >= 4 is 21.0 Å². The second-order valence-electron chi connectivity index (χ2n) is 7.26. The average molecular weight is 319 g/mol. The van der Waals surface area contributed by atoms with E-state index in [4.69, 9.17) is 9.47 Å². The number of ether oxygens (including phenoxy) is 2. The topological polar surface area (TPSA) is 76.1 Å². The molecule has 0 fully saturated rings. The molecule has 1 atom stereocenters. The lowest BCUT2D eigenvalue weighted by atomic mass is 10.2. The Kier molecular flexibility index (Phi) is 6.89. The van der Waals surface area contributed by atoms with E-state index in [-0.39, 0.29) is 6.61 Å². The van der Waals surface area contributed by atoms with E-state index in [2.05, 4.69) is 0 Å². The lowest BCUT2D eigenvalue weighted by molar-refractivity contribution is -0.145. The SMILES string of the molecule is C[SiH](C)N(C(=O)OC(C)(C)C)[C@@H](COC(C)(C)C)C(=O)O. The van der Waals surface area contributed by atoms with Crippen LogP contribution in [0.25, 0.3) is 0 Å². The van der Waals surface area contributed by atoms with Gasteiger partial charge in [0.25, 0.3) is 0 Å². The van der Waals surface area contributed by atoms with Crippen molar-refractivity contribution in [1.29, 1.82) is 0 Å². The van der Waals surface area contributed by atoms with Crippen molar-refractivity contribution in [3.05, 3.63) is 0 Å². The highest BCUT2D eigenvalue weighted by Crippen LogP contribution is 2.16.